The lowest BCUT2D eigenvalue weighted by Gasteiger charge is -2.44. The van der Waals surface area contributed by atoms with E-state index in [2.05, 4.69) is 0 Å². The number of alkyl halides is 4. The van der Waals surface area contributed by atoms with Crippen LogP contribution < -0.4 is 4.74 Å². The Morgan fingerprint density at radius 3 is 2.53 bits per heavy atom. The van der Waals surface area contributed by atoms with Crippen LogP contribution in [0.2, 0.25) is 0 Å². The largest absolute Gasteiger partial charge is 0.490 e. The fraction of sp³-hybridized carbons (Fsp3) is 0.500. The molecule has 8 heteroatoms. The van der Waals surface area contributed by atoms with Gasteiger partial charge in [-0.05, 0) is 72.6 Å². The van der Waals surface area contributed by atoms with Crippen LogP contribution in [-0.2, 0) is 17.5 Å². The van der Waals surface area contributed by atoms with Crippen molar-refractivity contribution in [3.63, 3.8) is 0 Å². The Balaban J connectivity index is 1.34. The van der Waals surface area contributed by atoms with Gasteiger partial charge in [-0.15, -0.1) is 0 Å². The van der Waals surface area contributed by atoms with Gasteiger partial charge in [-0.25, -0.2) is 4.39 Å². The number of hydrogen-bond acceptors (Lipinski definition) is 3. The van der Waals surface area contributed by atoms with Crippen LogP contribution in [0.4, 0.5) is 17.6 Å². The Morgan fingerprint density at radius 2 is 1.91 bits per heavy atom. The van der Waals surface area contributed by atoms with Gasteiger partial charge in [0.15, 0.2) is 5.67 Å². The maximum Gasteiger partial charge on any atom is 0.416 e. The highest BCUT2D eigenvalue weighted by atomic mass is 19.4. The third kappa shape index (κ3) is 5.54. The number of ether oxygens (including phenoxy) is 1. The second-order valence-corrected chi connectivity index (χ2v) is 9.79. The van der Waals surface area contributed by atoms with E-state index in [4.69, 9.17) is 4.74 Å². The fourth-order valence-electron chi connectivity index (χ4n) is 4.82. The first-order valence-electron chi connectivity index (χ1n) is 11.5. The van der Waals surface area contributed by atoms with Crippen LogP contribution in [0.15, 0.2) is 42.5 Å². The number of halogens is 4. The van der Waals surface area contributed by atoms with Gasteiger partial charge in [0.05, 0.1) is 11.5 Å². The third-order valence-corrected chi connectivity index (χ3v) is 6.88. The van der Waals surface area contributed by atoms with Gasteiger partial charge in [0.2, 0.25) is 0 Å². The molecule has 0 spiro atoms. The molecule has 1 saturated heterocycles. The van der Waals surface area contributed by atoms with Crippen molar-refractivity contribution in [2.75, 3.05) is 19.7 Å². The second-order valence-electron chi connectivity index (χ2n) is 9.79. The summed E-state index contributed by atoms with van der Waals surface area (Å²) in [5.41, 5.74) is -0.138. The van der Waals surface area contributed by atoms with Crippen molar-refractivity contribution in [3.8, 4) is 5.75 Å². The van der Waals surface area contributed by atoms with Gasteiger partial charge in [-0.3, -0.25) is 9.69 Å². The Kier molecular flexibility index (Phi) is 6.64. The van der Waals surface area contributed by atoms with Gasteiger partial charge in [-0.2, -0.15) is 13.2 Å². The van der Waals surface area contributed by atoms with E-state index in [1.54, 1.807) is 36.9 Å². The highest BCUT2D eigenvalue weighted by Crippen LogP contribution is 2.47. The molecule has 1 aliphatic carbocycles. The minimum Gasteiger partial charge on any atom is -0.490 e. The minimum absolute atomic E-state index is 0.0725. The summed E-state index contributed by atoms with van der Waals surface area (Å²) in [6.45, 7) is 3.68. The average Bonchev–Trinajstić information content (AvgIpc) is 3.57. The normalized spacial score (nSPS) is 19.8. The SMILES string of the molecule is Cc1ccc(C(F)(F)F)cc1CN1CC(F)(COc2cccc([C@H](C3CC3)[C@H](C)C(=O)O)c2)C1. The second kappa shape index (κ2) is 9.21. The number of aliphatic carboxylic acids is 1. The summed E-state index contributed by atoms with van der Waals surface area (Å²) in [4.78, 5) is 13.3. The molecule has 1 aliphatic heterocycles. The van der Waals surface area contributed by atoms with Crippen LogP contribution in [0.5, 0.6) is 5.75 Å². The molecular formula is C26H29F4NO3. The van der Waals surface area contributed by atoms with E-state index in [1.165, 1.54) is 6.07 Å². The highest BCUT2D eigenvalue weighted by molar-refractivity contribution is 5.71. The van der Waals surface area contributed by atoms with E-state index >= 15 is 4.39 Å². The minimum atomic E-state index is -4.41. The van der Waals surface area contributed by atoms with E-state index in [9.17, 15) is 23.1 Å². The molecule has 2 atom stereocenters. The van der Waals surface area contributed by atoms with Crippen LogP contribution >= 0.6 is 0 Å². The summed E-state index contributed by atoms with van der Waals surface area (Å²) >= 11 is 0. The van der Waals surface area contributed by atoms with E-state index in [0.29, 0.717) is 17.2 Å². The molecule has 2 aliphatic rings. The zero-order valence-electron chi connectivity index (χ0n) is 19.2. The summed E-state index contributed by atoms with van der Waals surface area (Å²) < 4.78 is 59.9. The van der Waals surface area contributed by atoms with Gasteiger partial charge in [0.25, 0.3) is 0 Å². The Morgan fingerprint density at radius 1 is 1.21 bits per heavy atom. The topological polar surface area (TPSA) is 49.8 Å². The van der Waals surface area contributed by atoms with Crippen LogP contribution in [0.3, 0.4) is 0 Å². The molecule has 2 aromatic rings. The lowest BCUT2D eigenvalue weighted by molar-refractivity contribution is -0.142. The average molecular weight is 480 g/mol. The molecule has 34 heavy (non-hydrogen) atoms. The monoisotopic (exact) mass is 479 g/mol. The summed E-state index contributed by atoms with van der Waals surface area (Å²) in [5, 5.41) is 9.47. The molecular weight excluding hydrogens is 450 g/mol. The molecule has 0 unspecified atom stereocenters. The number of benzene rings is 2. The summed E-state index contributed by atoms with van der Waals surface area (Å²) in [6.07, 6.45) is -2.41. The predicted octanol–water partition coefficient (Wildman–Crippen LogP) is 5.83. The van der Waals surface area contributed by atoms with E-state index < -0.39 is 29.3 Å². The molecule has 1 saturated carbocycles. The van der Waals surface area contributed by atoms with Crippen molar-refractivity contribution in [3.05, 3.63) is 64.7 Å². The number of nitrogens with zero attached hydrogens (tertiary/aromatic N) is 1. The van der Waals surface area contributed by atoms with E-state index in [1.807, 2.05) is 6.07 Å². The number of rotatable bonds is 9. The number of carbonyl (C=O) groups is 1. The number of likely N-dealkylation sites (tertiary alicyclic amines) is 1. The highest BCUT2D eigenvalue weighted by Gasteiger charge is 2.44. The van der Waals surface area contributed by atoms with E-state index in [0.717, 1.165) is 36.1 Å². The number of carboxylic acids is 1. The molecule has 4 rings (SSSR count). The maximum absolute atomic E-state index is 15.1. The molecule has 2 fully saturated rings. The van der Waals surface area contributed by atoms with Crippen molar-refractivity contribution in [1.29, 1.82) is 0 Å². The first kappa shape index (κ1) is 24.5. The number of aryl methyl sites for hydroxylation is 1. The van der Waals surface area contributed by atoms with Crippen molar-refractivity contribution < 1.29 is 32.2 Å². The molecule has 184 valence electrons. The van der Waals surface area contributed by atoms with Gasteiger partial charge in [0, 0.05) is 19.6 Å². The van der Waals surface area contributed by atoms with Crippen LogP contribution in [-0.4, -0.2) is 41.3 Å². The first-order chi connectivity index (χ1) is 15.9. The Hall–Kier alpha value is -2.61. The molecule has 0 radical (unpaired) electrons. The number of hydrogen-bond donors (Lipinski definition) is 1. The summed E-state index contributed by atoms with van der Waals surface area (Å²) in [7, 11) is 0. The summed E-state index contributed by atoms with van der Waals surface area (Å²) in [6, 6.07) is 10.8. The smallest absolute Gasteiger partial charge is 0.416 e. The van der Waals surface area contributed by atoms with Gasteiger partial charge >= 0.3 is 12.1 Å². The molecule has 1 N–H and O–H groups in total. The molecule has 0 amide bonds. The Labute approximate surface area is 196 Å². The molecule has 4 nitrogen and oxygen atoms in total. The Bertz CT molecular complexity index is 1040. The molecule has 1 heterocycles. The summed E-state index contributed by atoms with van der Waals surface area (Å²) in [5.74, 6) is -0.625. The van der Waals surface area contributed by atoms with Crippen molar-refractivity contribution in [1.82, 2.24) is 4.90 Å². The van der Waals surface area contributed by atoms with Crippen LogP contribution in [0.1, 0.15) is 47.9 Å². The fourth-order valence-corrected chi connectivity index (χ4v) is 4.82. The van der Waals surface area contributed by atoms with Gasteiger partial charge in [0.1, 0.15) is 12.4 Å². The zero-order valence-corrected chi connectivity index (χ0v) is 19.2. The zero-order chi connectivity index (χ0) is 24.7. The van der Waals surface area contributed by atoms with E-state index in [-0.39, 0.29) is 32.2 Å². The first-order valence-corrected chi connectivity index (χ1v) is 11.5. The standard InChI is InChI=1S/C26H29F4NO3/c1-16-6-9-21(26(28,29)30)10-20(16)12-31-13-25(27,14-31)15-34-22-5-3-4-19(11-22)23(18-7-8-18)17(2)24(32)33/h3-6,9-11,17-18,23H,7-8,12-15H2,1-2H3,(H,32,33)/t17-,23-/m0/s1. The lowest BCUT2D eigenvalue weighted by Crippen LogP contribution is -2.61. The molecule has 0 bridgehead atoms. The number of carboxylic acid groups (broad SMARTS) is 1. The quantitative estimate of drug-likeness (QED) is 0.460. The van der Waals surface area contributed by atoms with Crippen LogP contribution in [0, 0.1) is 18.8 Å². The van der Waals surface area contributed by atoms with Crippen LogP contribution in [0.25, 0.3) is 0 Å². The molecule has 0 aromatic heterocycles. The van der Waals surface area contributed by atoms with Gasteiger partial charge < -0.3 is 9.84 Å². The van der Waals surface area contributed by atoms with Crippen molar-refractivity contribution in [2.45, 2.75) is 51.0 Å². The van der Waals surface area contributed by atoms with Crippen molar-refractivity contribution in [2.24, 2.45) is 11.8 Å². The maximum atomic E-state index is 15.1. The van der Waals surface area contributed by atoms with Crippen molar-refractivity contribution >= 4 is 5.97 Å². The third-order valence-electron chi connectivity index (χ3n) is 6.88. The molecule has 2 aromatic carbocycles. The van der Waals surface area contributed by atoms with Gasteiger partial charge in [-0.1, -0.05) is 25.1 Å². The predicted molar refractivity (Wildman–Crippen MR) is 119 cm³/mol. The lowest BCUT2D eigenvalue weighted by atomic mass is 9.83.